The van der Waals surface area contributed by atoms with Crippen LogP contribution >= 0.6 is 0 Å². The number of rotatable bonds is 4. The van der Waals surface area contributed by atoms with Gasteiger partial charge in [0.15, 0.2) is 11.5 Å². The van der Waals surface area contributed by atoms with Gasteiger partial charge in [0.05, 0.1) is 6.07 Å². The molecule has 0 atom stereocenters. The molecular weight excluding hydrogens is 230 g/mol. The lowest BCUT2D eigenvalue weighted by atomic mass is 10.2. The highest BCUT2D eigenvalue weighted by molar-refractivity contribution is 5.55. The van der Waals surface area contributed by atoms with Crippen molar-refractivity contribution in [2.75, 3.05) is 11.9 Å². The zero-order valence-electron chi connectivity index (χ0n) is 8.87. The van der Waals surface area contributed by atoms with Gasteiger partial charge >= 0.3 is 6.29 Å². The van der Waals surface area contributed by atoms with Gasteiger partial charge in [-0.1, -0.05) is 0 Å². The van der Waals surface area contributed by atoms with Crippen LogP contribution in [-0.2, 0) is 0 Å². The number of benzene rings is 1. The van der Waals surface area contributed by atoms with E-state index in [2.05, 4.69) is 14.8 Å². The number of alkyl halides is 2. The zero-order chi connectivity index (χ0) is 12.3. The number of nitriles is 1. The van der Waals surface area contributed by atoms with Crippen molar-refractivity contribution in [2.45, 2.75) is 19.1 Å². The fraction of sp³-hybridized carbons (Fsp3) is 0.364. The first-order valence-corrected chi connectivity index (χ1v) is 5.11. The topological polar surface area (TPSA) is 54.3 Å². The minimum absolute atomic E-state index is 0.0142. The predicted molar refractivity (Wildman–Crippen MR) is 56.0 cm³/mol. The summed E-state index contributed by atoms with van der Waals surface area (Å²) in [5.41, 5.74) is 0.656. The molecule has 0 saturated heterocycles. The number of fused-ring (bicyclic) bond motifs is 1. The third-order valence-corrected chi connectivity index (χ3v) is 2.20. The molecule has 1 heterocycles. The Bertz CT molecular complexity index is 457. The van der Waals surface area contributed by atoms with Crippen LogP contribution in [0.1, 0.15) is 12.8 Å². The second kappa shape index (κ2) is 4.45. The van der Waals surface area contributed by atoms with Crippen molar-refractivity contribution in [3.63, 3.8) is 0 Å². The summed E-state index contributed by atoms with van der Waals surface area (Å²) in [5.74, 6) is 0.0397. The van der Waals surface area contributed by atoms with Crippen molar-refractivity contribution in [1.29, 1.82) is 5.26 Å². The minimum atomic E-state index is -3.58. The van der Waals surface area contributed by atoms with Crippen LogP contribution in [0.15, 0.2) is 18.2 Å². The number of nitrogens with zero attached hydrogens (tertiary/aromatic N) is 1. The van der Waals surface area contributed by atoms with Crippen molar-refractivity contribution in [1.82, 2.24) is 0 Å². The SMILES string of the molecule is N#CCCCNc1ccc2c(c1)OC(F)(F)O2. The molecule has 0 aromatic heterocycles. The summed E-state index contributed by atoms with van der Waals surface area (Å²) < 4.78 is 34.0. The van der Waals surface area contributed by atoms with Gasteiger partial charge in [-0.2, -0.15) is 5.26 Å². The van der Waals surface area contributed by atoms with E-state index in [0.717, 1.165) is 0 Å². The predicted octanol–water partition coefficient (Wildman–Crippen LogP) is 2.72. The fourth-order valence-corrected chi connectivity index (χ4v) is 1.46. The Morgan fingerprint density at radius 1 is 1.29 bits per heavy atom. The summed E-state index contributed by atoms with van der Waals surface area (Å²) in [4.78, 5) is 0. The summed E-state index contributed by atoms with van der Waals surface area (Å²) >= 11 is 0. The lowest BCUT2D eigenvalue weighted by molar-refractivity contribution is -0.286. The summed E-state index contributed by atoms with van der Waals surface area (Å²) in [6.45, 7) is 0.601. The zero-order valence-corrected chi connectivity index (χ0v) is 8.87. The van der Waals surface area contributed by atoms with Crippen molar-refractivity contribution in [3.05, 3.63) is 18.2 Å². The fourth-order valence-electron chi connectivity index (χ4n) is 1.46. The van der Waals surface area contributed by atoms with Crippen LogP contribution in [0.5, 0.6) is 11.5 Å². The Labute approximate surface area is 96.8 Å². The highest BCUT2D eigenvalue weighted by atomic mass is 19.3. The number of halogens is 2. The van der Waals surface area contributed by atoms with Crippen LogP contribution in [0.3, 0.4) is 0 Å². The number of ether oxygens (including phenoxy) is 2. The van der Waals surface area contributed by atoms with Gasteiger partial charge in [-0.05, 0) is 18.6 Å². The van der Waals surface area contributed by atoms with E-state index in [-0.39, 0.29) is 11.5 Å². The number of hydrogen-bond donors (Lipinski definition) is 1. The summed E-state index contributed by atoms with van der Waals surface area (Å²) in [6, 6.07) is 6.51. The average molecular weight is 240 g/mol. The molecule has 0 amide bonds. The lowest BCUT2D eigenvalue weighted by Gasteiger charge is -2.05. The Morgan fingerprint density at radius 3 is 2.82 bits per heavy atom. The monoisotopic (exact) mass is 240 g/mol. The molecule has 0 radical (unpaired) electrons. The molecule has 0 aliphatic carbocycles. The van der Waals surface area contributed by atoms with Gasteiger partial charge in [0.25, 0.3) is 0 Å². The van der Waals surface area contributed by atoms with Gasteiger partial charge in [0.2, 0.25) is 0 Å². The highest BCUT2D eigenvalue weighted by Gasteiger charge is 2.43. The first-order chi connectivity index (χ1) is 8.11. The second-order valence-corrected chi connectivity index (χ2v) is 3.52. The molecule has 17 heavy (non-hydrogen) atoms. The maximum atomic E-state index is 12.7. The molecule has 6 heteroatoms. The molecule has 0 unspecified atom stereocenters. The van der Waals surface area contributed by atoms with Crippen molar-refractivity contribution >= 4 is 5.69 Å². The molecule has 1 aliphatic rings. The first kappa shape index (κ1) is 11.5. The summed E-state index contributed by atoms with van der Waals surface area (Å²) in [7, 11) is 0. The minimum Gasteiger partial charge on any atom is -0.395 e. The van der Waals surface area contributed by atoms with Gasteiger partial charge in [0, 0.05) is 24.7 Å². The van der Waals surface area contributed by atoms with Crippen LogP contribution in [0, 0.1) is 11.3 Å². The first-order valence-electron chi connectivity index (χ1n) is 5.11. The van der Waals surface area contributed by atoms with Crippen LogP contribution in [0.25, 0.3) is 0 Å². The number of anilines is 1. The van der Waals surface area contributed by atoms with Gasteiger partial charge < -0.3 is 14.8 Å². The standard InChI is InChI=1S/C11H10F2N2O2/c12-11(13)16-9-4-3-8(7-10(9)17-11)15-6-2-1-5-14/h3-4,7,15H,1-2,6H2. The summed E-state index contributed by atoms with van der Waals surface area (Å²) in [6.07, 6.45) is -2.43. The molecular formula is C11H10F2N2O2. The molecule has 0 saturated carbocycles. The second-order valence-electron chi connectivity index (χ2n) is 3.52. The average Bonchev–Trinajstić information content (AvgIpc) is 2.57. The van der Waals surface area contributed by atoms with Gasteiger partial charge in [-0.3, -0.25) is 0 Å². The van der Waals surface area contributed by atoms with Gasteiger partial charge in [-0.15, -0.1) is 8.78 Å². The van der Waals surface area contributed by atoms with E-state index in [0.29, 0.717) is 25.1 Å². The van der Waals surface area contributed by atoms with E-state index in [9.17, 15) is 8.78 Å². The third-order valence-electron chi connectivity index (χ3n) is 2.20. The Morgan fingerprint density at radius 2 is 2.06 bits per heavy atom. The molecule has 90 valence electrons. The Hall–Kier alpha value is -2.03. The number of unbranched alkanes of at least 4 members (excludes halogenated alkanes) is 1. The maximum absolute atomic E-state index is 12.7. The lowest BCUT2D eigenvalue weighted by Crippen LogP contribution is -2.25. The molecule has 0 fully saturated rings. The van der Waals surface area contributed by atoms with E-state index in [1.54, 1.807) is 6.07 Å². The van der Waals surface area contributed by atoms with E-state index >= 15 is 0 Å². The van der Waals surface area contributed by atoms with E-state index in [1.165, 1.54) is 12.1 Å². The number of hydrogen-bond acceptors (Lipinski definition) is 4. The van der Waals surface area contributed by atoms with Crippen molar-refractivity contribution in [2.24, 2.45) is 0 Å². The van der Waals surface area contributed by atoms with Gasteiger partial charge in [0.1, 0.15) is 0 Å². The molecule has 1 N–H and O–H groups in total. The molecule has 0 bridgehead atoms. The molecule has 1 aromatic carbocycles. The largest absolute Gasteiger partial charge is 0.586 e. The van der Waals surface area contributed by atoms with E-state index in [1.807, 2.05) is 6.07 Å². The Balaban J connectivity index is 1.97. The molecule has 2 rings (SSSR count). The van der Waals surface area contributed by atoms with Crippen LogP contribution in [0.2, 0.25) is 0 Å². The summed E-state index contributed by atoms with van der Waals surface area (Å²) in [5, 5.41) is 11.4. The van der Waals surface area contributed by atoms with E-state index in [4.69, 9.17) is 5.26 Å². The smallest absolute Gasteiger partial charge is 0.395 e. The van der Waals surface area contributed by atoms with Gasteiger partial charge in [-0.25, -0.2) is 0 Å². The molecule has 1 aromatic rings. The van der Waals surface area contributed by atoms with E-state index < -0.39 is 6.29 Å². The quantitative estimate of drug-likeness (QED) is 0.822. The van der Waals surface area contributed by atoms with Crippen LogP contribution in [0.4, 0.5) is 14.5 Å². The third kappa shape index (κ3) is 2.75. The normalized spacial score (nSPS) is 15.4. The van der Waals surface area contributed by atoms with Crippen molar-refractivity contribution in [3.8, 4) is 17.6 Å². The molecule has 0 spiro atoms. The molecule has 1 aliphatic heterocycles. The number of nitrogens with one attached hydrogen (secondary N) is 1. The molecule has 4 nitrogen and oxygen atoms in total. The van der Waals surface area contributed by atoms with Crippen LogP contribution in [-0.4, -0.2) is 12.8 Å². The highest BCUT2D eigenvalue weighted by Crippen LogP contribution is 2.42. The van der Waals surface area contributed by atoms with Crippen molar-refractivity contribution < 1.29 is 18.3 Å². The van der Waals surface area contributed by atoms with Crippen LogP contribution < -0.4 is 14.8 Å². The Kier molecular flexibility index (Phi) is 3.00. The maximum Gasteiger partial charge on any atom is 0.586 e.